The maximum atomic E-state index is 12.4. The van der Waals surface area contributed by atoms with Gasteiger partial charge in [0.15, 0.2) is 0 Å². The van der Waals surface area contributed by atoms with Crippen molar-refractivity contribution in [3.63, 3.8) is 0 Å². The van der Waals surface area contributed by atoms with E-state index in [0.717, 1.165) is 39.3 Å². The molecule has 4 aromatic rings. The van der Waals surface area contributed by atoms with Crippen molar-refractivity contribution in [3.8, 4) is 16.8 Å². The first-order valence-corrected chi connectivity index (χ1v) is 12.8. The number of hydrogen-bond acceptors (Lipinski definition) is 4. The average molecular weight is 489 g/mol. The van der Waals surface area contributed by atoms with Crippen molar-refractivity contribution in [1.82, 2.24) is 19.8 Å². The second kappa shape index (κ2) is 10.1. The first-order chi connectivity index (χ1) is 16.7. The van der Waals surface area contributed by atoms with Crippen LogP contribution in [0.5, 0.6) is 0 Å². The molecule has 0 saturated heterocycles. The molecule has 0 aliphatic carbocycles. The molecule has 0 aliphatic heterocycles. The fraction of sp³-hybridized carbons (Fsp3) is 0.185. The van der Waals surface area contributed by atoms with Crippen LogP contribution >= 0.6 is 0 Å². The molecule has 0 radical (unpaired) electrons. The minimum atomic E-state index is -3.91. The number of rotatable bonds is 7. The lowest BCUT2D eigenvalue weighted by Gasteiger charge is -2.10. The summed E-state index contributed by atoms with van der Waals surface area (Å²) in [5.41, 5.74) is 7.06. The summed E-state index contributed by atoms with van der Waals surface area (Å²) in [7, 11) is -3.91. The van der Waals surface area contributed by atoms with Gasteiger partial charge in [0.2, 0.25) is 0 Å². The van der Waals surface area contributed by atoms with E-state index >= 15 is 0 Å². The van der Waals surface area contributed by atoms with Gasteiger partial charge < -0.3 is 5.32 Å². The Balaban J connectivity index is 1.36. The molecule has 4 rings (SSSR count). The number of benzene rings is 3. The summed E-state index contributed by atoms with van der Waals surface area (Å²) in [5.74, 6) is 0. The molecular formula is C27H28N4O3S. The van der Waals surface area contributed by atoms with Gasteiger partial charge in [0, 0.05) is 17.8 Å². The monoisotopic (exact) mass is 488 g/mol. The van der Waals surface area contributed by atoms with Gasteiger partial charge in [-0.3, -0.25) is 0 Å². The van der Waals surface area contributed by atoms with Crippen LogP contribution < -0.4 is 10.0 Å². The number of amides is 2. The second-order valence-electron chi connectivity index (χ2n) is 8.42. The minimum Gasteiger partial charge on any atom is -0.337 e. The molecule has 0 fully saturated rings. The SMILES string of the molecule is Cc1cccc(S(=O)(=O)NC(=O)NCCc2ccc(-n3nc(C)c(-c4ccccc4)c3C)cc2)c1. The lowest BCUT2D eigenvalue weighted by Crippen LogP contribution is -2.40. The van der Waals surface area contributed by atoms with Gasteiger partial charge in [0.05, 0.1) is 16.3 Å². The summed E-state index contributed by atoms with van der Waals surface area (Å²) in [6.07, 6.45) is 0.560. The first-order valence-electron chi connectivity index (χ1n) is 11.3. The number of nitrogens with zero attached hydrogens (tertiary/aromatic N) is 2. The van der Waals surface area contributed by atoms with Crippen LogP contribution in [0.4, 0.5) is 4.79 Å². The van der Waals surface area contributed by atoms with Gasteiger partial charge >= 0.3 is 6.03 Å². The highest BCUT2D eigenvalue weighted by Crippen LogP contribution is 2.28. The average Bonchev–Trinajstić information content (AvgIpc) is 3.13. The van der Waals surface area contributed by atoms with Crippen molar-refractivity contribution in [2.24, 2.45) is 0 Å². The van der Waals surface area contributed by atoms with Crippen LogP contribution in [0, 0.1) is 20.8 Å². The Hall–Kier alpha value is -3.91. The molecule has 0 saturated carbocycles. The van der Waals surface area contributed by atoms with E-state index in [4.69, 9.17) is 5.10 Å². The van der Waals surface area contributed by atoms with Gasteiger partial charge in [0.1, 0.15) is 0 Å². The maximum absolute atomic E-state index is 12.4. The number of aromatic nitrogens is 2. The van der Waals surface area contributed by atoms with E-state index in [-0.39, 0.29) is 4.90 Å². The van der Waals surface area contributed by atoms with Crippen LogP contribution in [0.15, 0.2) is 83.8 Å². The Morgan fingerprint density at radius 1 is 0.914 bits per heavy atom. The Morgan fingerprint density at radius 2 is 1.63 bits per heavy atom. The van der Waals surface area contributed by atoms with Crippen LogP contribution in [-0.4, -0.2) is 30.8 Å². The number of hydrogen-bond donors (Lipinski definition) is 2. The molecule has 0 spiro atoms. The molecule has 35 heavy (non-hydrogen) atoms. The largest absolute Gasteiger partial charge is 0.337 e. The number of urea groups is 1. The van der Waals surface area contributed by atoms with Crippen molar-refractivity contribution in [2.75, 3.05) is 6.54 Å². The molecule has 0 aliphatic rings. The van der Waals surface area contributed by atoms with Gasteiger partial charge in [-0.05, 0) is 68.1 Å². The Morgan fingerprint density at radius 3 is 2.31 bits per heavy atom. The molecule has 0 atom stereocenters. The highest BCUT2D eigenvalue weighted by atomic mass is 32.2. The van der Waals surface area contributed by atoms with E-state index in [9.17, 15) is 13.2 Å². The zero-order valence-electron chi connectivity index (χ0n) is 19.9. The number of carbonyl (C=O) groups is 1. The predicted molar refractivity (Wildman–Crippen MR) is 137 cm³/mol. The Kier molecular flexibility index (Phi) is 7.02. The number of nitrogens with one attached hydrogen (secondary N) is 2. The molecule has 1 heterocycles. The fourth-order valence-electron chi connectivity index (χ4n) is 4.04. The van der Waals surface area contributed by atoms with Gasteiger partial charge in [-0.25, -0.2) is 22.6 Å². The molecule has 1 aromatic heterocycles. The zero-order valence-corrected chi connectivity index (χ0v) is 20.8. The summed E-state index contributed by atoms with van der Waals surface area (Å²) >= 11 is 0. The summed E-state index contributed by atoms with van der Waals surface area (Å²) in [5, 5.41) is 7.34. The van der Waals surface area contributed by atoms with Gasteiger partial charge in [-0.2, -0.15) is 5.10 Å². The quantitative estimate of drug-likeness (QED) is 0.395. The zero-order chi connectivity index (χ0) is 25.0. The highest BCUT2D eigenvalue weighted by Gasteiger charge is 2.17. The molecule has 7 nitrogen and oxygen atoms in total. The Bertz CT molecular complexity index is 1440. The second-order valence-corrected chi connectivity index (χ2v) is 10.1. The summed E-state index contributed by atoms with van der Waals surface area (Å²) < 4.78 is 28.7. The van der Waals surface area contributed by atoms with Crippen LogP contribution in [-0.2, 0) is 16.4 Å². The molecule has 0 bridgehead atoms. The van der Waals surface area contributed by atoms with E-state index in [1.165, 1.54) is 12.1 Å². The van der Waals surface area contributed by atoms with E-state index in [2.05, 4.69) is 29.1 Å². The Labute approximate surface area is 205 Å². The normalized spacial score (nSPS) is 11.3. The molecule has 0 unspecified atom stereocenters. The topological polar surface area (TPSA) is 93.1 Å². The van der Waals surface area contributed by atoms with E-state index in [1.54, 1.807) is 19.1 Å². The third-order valence-corrected chi connectivity index (χ3v) is 7.09. The third-order valence-electron chi connectivity index (χ3n) is 5.76. The van der Waals surface area contributed by atoms with Crippen molar-refractivity contribution < 1.29 is 13.2 Å². The lowest BCUT2D eigenvalue weighted by molar-refractivity contribution is 0.246. The highest BCUT2D eigenvalue weighted by molar-refractivity contribution is 7.90. The van der Waals surface area contributed by atoms with Gasteiger partial charge in [-0.1, -0.05) is 54.6 Å². The van der Waals surface area contributed by atoms with Crippen molar-refractivity contribution in [1.29, 1.82) is 0 Å². The van der Waals surface area contributed by atoms with E-state index in [0.29, 0.717) is 13.0 Å². The van der Waals surface area contributed by atoms with Crippen molar-refractivity contribution in [2.45, 2.75) is 32.1 Å². The first kappa shape index (κ1) is 24.2. The van der Waals surface area contributed by atoms with E-state index < -0.39 is 16.1 Å². The minimum absolute atomic E-state index is 0.0582. The van der Waals surface area contributed by atoms with Gasteiger partial charge in [-0.15, -0.1) is 0 Å². The number of sulfonamides is 1. The summed E-state index contributed by atoms with van der Waals surface area (Å²) in [6, 6.07) is 23.8. The number of aryl methyl sites for hydroxylation is 2. The molecule has 180 valence electrons. The molecule has 3 aromatic carbocycles. The summed E-state index contributed by atoms with van der Waals surface area (Å²) in [6.45, 7) is 6.16. The molecule has 2 amide bonds. The molecular weight excluding hydrogens is 460 g/mol. The number of carbonyl (C=O) groups excluding carboxylic acids is 1. The molecule has 8 heteroatoms. The van der Waals surface area contributed by atoms with Gasteiger partial charge in [0.25, 0.3) is 10.0 Å². The van der Waals surface area contributed by atoms with Crippen molar-refractivity contribution in [3.05, 3.63) is 101 Å². The molecule has 2 N–H and O–H groups in total. The standard InChI is InChI=1S/C27H28N4O3S/c1-19-8-7-11-25(18-19)35(33,34)30-27(32)28-17-16-22-12-14-24(15-13-22)31-21(3)26(20(2)29-31)23-9-5-4-6-10-23/h4-15,18H,16-17H2,1-3H3,(H2,28,30,32). The van der Waals surface area contributed by atoms with Crippen LogP contribution in [0.3, 0.4) is 0 Å². The predicted octanol–water partition coefficient (Wildman–Crippen LogP) is 4.70. The maximum Gasteiger partial charge on any atom is 0.328 e. The smallest absolute Gasteiger partial charge is 0.328 e. The summed E-state index contributed by atoms with van der Waals surface area (Å²) in [4.78, 5) is 12.2. The van der Waals surface area contributed by atoms with E-state index in [1.807, 2.05) is 54.1 Å². The van der Waals surface area contributed by atoms with Crippen LogP contribution in [0.2, 0.25) is 0 Å². The van der Waals surface area contributed by atoms with Crippen LogP contribution in [0.25, 0.3) is 16.8 Å². The lowest BCUT2D eigenvalue weighted by atomic mass is 10.0. The third kappa shape index (κ3) is 5.60. The fourth-order valence-corrected chi connectivity index (χ4v) is 5.07. The van der Waals surface area contributed by atoms with Crippen molar-refractivity contribution >= 4 is 16.1 Å². The van der Waals surface area contributed by atoms with Crippen LogP contribution in [0.1, 0.15) is 22.5 Å².